The van der Waals surface area contributed by atoms with Gasteiger partial charge in [-0.1, -0.05) is 50.2 Å². The fraction of sp³-hybridized carbons (Fsp3) is 0.185. The summed E-state index contributed by atoms with van der Waals surface area (Å²) in [6.45, 7) is 4.41. The number of para-hydroxylation sites is 2. The van der Waals surface area contributed by atoms with Crippen LogP contribution < -0.4 is 10.9 Å². The largest absolute Gasteiger partial charge is 0.342 e. The Morgan fingerprint density at radius 2 is 1.79 bits per heavy atom. The van der Waals surface area contributed by atoms with Crippen LogP contribution in [0.25, 0.3) is 21.8 Å². The molecule has 0 aliphatic carbocycles. The zero-order valence-electron chi connectivity index (χ0n) is 19.0. The molecule has 7 heteroatoms. The van der Waals surface area contributed by atoms with Crippen LogP contribution in [0.4, 0.5) is 0 Å². The minimum Gasteiger partial charge on any atom is -0.342 e. The van der Waals surface area contributed by atoms with Gasteiger partial charge in [-0.05, 0) is 35.7 Å². The van der Waals surface area contributed by atoms with E-state index >= 15 is 0 Å². The highest BCUT2D eigenvalue weighted by molar-refractivity contribution is 6.06. The van der Waals surface area contributed by atoms with Crippen LogP contribution in [0.15, 0.2) is 84.0 Å². The molecule has 0 radical (unpaired) electrons. The van der Waals surface area contributed by atoms with Crippen LogP contribution in [0.2, 0.25) is 0 Å². The second-order valence-corrected chi connectivity index (χ2v) is 8.72. The molecule has 3 aromatic heterocycles. The number of aromatic amines is 1. The van der Waals surface area contributed by atoms with Crippen LogP contribution in [0.1, 0.15) is 41.6 Å². The highest BCUT2D eigenvalue weighted by atomic mass is 16.2. The molecule has 0 saturated heterocycles. The Bertz CT molecular complexity index is 1500. The van der Waals surface area contributed by atoms with Crippen molar-refractivity contribution in [2.45, 2.75) is 26.4 Å². The summed E-state index contributed by atoms with van der Waals surface area (Å²) in [5, 5.41) is 4.28. The molecule has 1 atom stereocenters. The maximum atomic E-state index is 13.6. The number of hydrogen-bond acceptors (Lipinski definition) is 4. The van der Waals surface area contributed by atoms with E-state index in [2.05, 4.69) is 15.3 Å². The van der Waals surface area contributed by atoms with Crippen molar-refractivity contribution >= 4 is 27.7 Å². The van der Waals surface area contributed by atoms with Gasteiger partial charge in [0, 0.05) is 29.4 Å². The zero-order valence-corrected chi connectivity index (χ0v) is 19.0. The minimum absolute atomic E-state index is 0.0945. The summed E-state index contributed by atoms with van der Waals surface area (Å²) in [6, 6.07) is 18.4. The number of amides is 1. The van der Waals surface area contributed by atoms with Gasteiger partial charge in [0.2, 0.25) is 0 Å². The van der Waals surface area contributed by atoms with E-state index in [0.717, 1.165) is 16.6 Å². The number of hydrogen-bond donors (Lipinski definition) is 2. The molecule has 0 saturated carbocycles. The van der Waals surface area contributed by atoms with Crippen molar-refractivity contribution in [2.75, 3.05) is 0 Å². The van der Waals surface area contributed by atoms with E-state index in [1.165, 1.54) is 0 Å². The van der Waals surface area contributed by atoms with E-state index < -0.39 is 0 Å². The van der Waals surface area contributed by atoms with Crippen LogP contribution in [-0.2, 0) is 6.54 Å². The average molecular weight is 452 g/mol. The summed E-state index contributed by atoms with van der Waals surface area (Å²) in [7, 11) is 0. The van der Waals surface area contributed by atoms with E-state index in [-0.39, 0.29) is 23.4 Å². The molecule has 0 bridgehead atoms. The quantitative estimate of drug-likeness (QED) is 0.399. The van der Waals surface area contributed by atoms with Gasteiger partial charge in [0.15, 0.2) is 0 Å². The summed E-state index contributed by atoms with van der Waals surface area (Å²) in [5.41, 5.74) is 2.96. The number of pyridine rings is 2. The highest BCUT2D eigenvalue weighted by Crippen LogP contribution is 2.24. The highest BCUT2D eigenvalue weighted by Gasteiger charge is 2.24. The first kappa shape index (κ1) is 21.6. The molecule has 34 heavy (non-hydrogen) atoms. The van der Waals surface area contributed by atoms with Gasteiger partial charge >= 0.3 is 0 Å². The lowest BCUT2D eigenvalue weighted by Gasteiger charge is -2.21. The lowest BCUT2D eigenvalue weighted by molar-refractivity contribution is 0.0924. The van der Waals surface area contributed by atoms with Gasteiger partial charge in [0.05, 0.1) is 29.2 Å². The smallest absolute Gasteiger partial charge is 0.258 e. The van der Waals surface area contributed by atoms with Crippen LogP contribution in [0, 0.1) is 5.92 Å². The van der Waals surface area contributed by atoms with Crippen molar-refractivity contribution in [1.29, 1.82) is 0 Å². The van der Waals surface area contributed by atoms with Crippen LogP contribution in [-0.4, -0.2) is 25.4 Å². The normalized spacial score (nSPS) is 12.3. The SMILES string of the molecule is CC(C)C(NC(=O)c1cn(Cc2cccnc2)c(=O)c2ccccc12)c1nc2ccccc2[nH]1. The van der Waals surface area contributed by atoms with Gasteiger partial charge in [-0.15, -0.1) is 0 Å². The minimum atomic E-state index is -0.322. The molecule has 0 spiro atoms. The van der Waals surface area contributed by atoms with Crippen LogP contribution in [0.3, 0.4) is 0 Å². The molecule has 2 aromatic carbocycles. The Hall–Kier alpha value is -4.26. The van der Waals surface area contributed by atoms with Crippen molar-refractivity contribution in [2.24, 2.45) is 5.92 Å². The molecular weight excluding hydrogens is 426 g/mol. The van der Waals surface area contributed by atoms with E-state index in [1.807, 2.05) is 68.4 Å². The Kier molecular flexibility index (Phi) is 5.67. The molecule has 0 aliphatic rings. The van der Waals surface area contributed by atoms with E-state index in [9.17, 15) is 9.59 Å². The average Bonchev–Trinajstić information content (AvgIpc) is 3.28. The van der Waals surface area contributed by atoms with Crippen LogP contribution >= 0.6 is 0 Å². The van der Waals surface area contributed by atoms with Gasteiger partial charge in [0.1, 0.15) is 5.82 Å². The number of nitrogens with zero attached hydrogens (tertiary/aromatic N) is 3. The molecule has 3 heterocycles. The lowest BCUT2D eigenvalue weighted by Crippen LogP contribution is -2.34. The first-order valence-corrected chi connectivity index (χ1v) is 11.3. The summed E-state index contributed by atoms with van der Waals surface area (Å²) in [4.78, 5) is 38.9. The number of carbonyl (C=O) groups excluding carboxylic acids is 1. The van der Waals surface area contributed by atoms with E-state index in [0.29, 0.717) is 28.7 Å². The third-order valence-corrected chi connectivity index (χ3v) is 5.97. The number of imidazole rings is 1. The van der Waals surface area contributed by atoms with E-state index in [1.54, 1.807) is 29.2 Å². The number of carbonyl (C=O) groups is 1. The van der Waals surface area contributed by atoms with Gasteiger partial charge in [-0.25, -0.2) is 4.98 Å². The molecule has 2 N–H and O–H groups in total. The molecule has 1 amide bonds. The molecule has 170 valence electrons. The molecular formula is C27H25N5O2. The number of fused-ring (bicyclic) bond motifs is 2. The monoisotopic (exact) mass is 451 g/mol. The molecule has 0 aliphatic heterocycles. The third-order valence-electron chi connectivity index (χ3n) is 5.97. The summed E-state index contributed by atoms with van der Waals surface area (Å²) in [5.74, 6) is 0.546. The standard InChI is InChI=1S/C27H25N5O2/c1-17(2)24(25-29-22-11-5-6-12-23(22)30-25)31-26(33)21-16-32(15-18-8-7-13-28-14-18)27(34)20-10-4-3-9-19(20)21/h3-14,16-17,24H,15H2,1-2H3,(H,29,30)(H,31,33). The third kappa shape index (κ3) is 4.08. The molecule has 5 aromatic rings. The first-order valence-electron chi connectivity index (χ1n) is 11.3. The second kappa shape index (κ2) is 8.94. The maximum absolute atomic E-state index is 13.6. The van der Waals surface area contributed by atoms with Crippen molar-refractivity contribution in [3.63, 3.8) is 0 Å². The summed E-state index contributed by atoms with van der Waals surface area (Å²) in [6.07, 6.45) is 5.05. The summed E-state index contributed by atoms with van der Waals surface area (Å²) >= 11 is 0. The fourth-order valence-electron chi connectivity index (χ4n) is 4.22. The Labute approximate surface area is 196 Å². The maximum Gasteiger partial charge on any atom is 0.258 e. The van der Waals surface area contributed by atoms with Crippen molar-refractivity contribution in [1.82, 2.24) is 24.8 Å². The molecule has 1 unspecified atom stereocenters. The van der Waals surface area contributed by atoms with Crippen LogP contribution in [0.5, 0.6) is 0 Å². The van der Waals surface area contributed by atoms with Gasteiger partial charge in [-0.3, -0.25) is 14.6 Å². The summed E-state index contributed by atoms with van der Waals surface area (Å²) < 4.78 is 1.57. The fourth-order valence-corrected chi connectivity index (χ4v) is 4.22. The second-order valence-electron chi connectivity index (χ2n) is 8.72. The predicted octanol–water partition coefficient (Wildman–Crippen LogP) is 4.45. The first-order chi connectivity index (χ1) is 16.5. The van der Waals surface area contributed by atoms with Gasteiger partial charge in [-0.2, -0.15) is 0 Å². The number of rotatable bonds is 6. The topological polar surface area (TPSA) is 92.7 Å². The molecule has 5 rings (SSSR count). The Morgan fingerprint density at radius 3 is 2.53 bits per heavy atom. The van der Waals surface area contributed by atoms with Crippen molar-refractivity contribution in [3.05, 3.63) is 107 Å². The predicted molar refractivity (Wildman–Crippen MR) is 133 cm³/mol. The Balaban J connectivity index is 1.55. The van der Waals surface area contributed by atoms with Gasteiger partial charge < -0.3 is 14.9 Å². The lowest BCUT2D eigenvalue weighted by atomic mass is 10.0. The number of nitrogens with one attached hydrogen (secondary N) is 2. The zero-order chi connectivity index (χ0) is 23.7. The van der Waals surface area contributed by atoms with Gasteiger partial charge in [0.25, 0.3) is 11.5 Å². The number of benzene rings is 2. The molecule has 7 nitrogen and oxygen atoms in total. The van der Waals surface area contributed by atoms with Crippen molar-refractivity contribution in [3.8, 4) is 0 Å². The van der Waals surface area contributed by atoms with E-state index in [4.69, 9.17) is 4.98 Å². The van der Waals surface area contributed by atoms with Crippen molar-refractivity contribution < 1.29 is 4.79 Å². The number of aromatic nitrogens is 4. The number of H-pyrrole nitrogens is 1. The Morgan fingerprint density at radius 1 is 1.03 bits per heavy atom. The molecule has 0 fully saturated rings.